The van der Waals surface area contributed by atoms with Crippen LogP contribution in [0.3, 0.4) is 0 Å². The van der Waals surface area contributed by atoms with Crippen molar-refractivity contribution in [3.8, 4) is 11.5 Å². The van der Waals surface area contributed by atoms with Crippen LogP contribution in [0.4, 0.5) is 0 Å². The zero-order chi connectivity index (χ0) is 14.8. The minimum absolute atomic E-state index is 0.648. The topological polar surface area (TPSA) is 21.3 Å². The van der Waals surface area contributed by atoms with Gasteiger partial charge in [0.25, 0.3) is 0 Å². The van der Waals surface area contributed by atoms with Crippen molar-refractivity contribution in [2.75, 3.05) is 0 Å². The van der Waals surface area contributed by atoms with Crippen molar-refractivity contribution in [1.82, 2.24) is 5.32 Å². The summed E-state index contributed by atoms with van der Waals surface area (Å²) in [5.74, 6) is 1.73. The summed E-state index contributed by atoms with van der Waals surface area (Å²) in [7, 11) is 0. The quantitative estimate of drug-likeness (QED) is 0.839. The smallest absolute Gasteiger partial charge is 0.133 e. The summed E-state index contributed by atoms with van der Waals surface area (Å²) in [5.41, 5.74) is 3.35. The fourth-order valence-corrected chi connectivity index (χ4v) is 2.51. The van der Waals surface area contributed by atoms with Crippen molar-refractivity contribution in [3.63, 3.8) is 0 Å². The van der Waals surface area contributed by atoms with Gasteiger partial charge >= 0.3 is 0 Å². The second kappa shape index (κ2) is 6.08. The minimum Gasteiger partial charge on any atom is -0.457 e. The van der Waals surface area contributed by atoms with Crippen molar-refractivity contribution in [2.45, 2.75) is 39.3 Å². The van der Waals surface area contributed by atoms with E-state index < -0.39 is 0 Å². The van der Waals surface area contributed by atoms with Gasteiger partial charge in [0.15, 0.2) is 0 Å². The summed E-state index contributed by atoms with van der Waals surface area (Å²) in [6.45, 7) is 4.88. The molecule has 110 valence electrons. The third-order valence-electron chi connectivity index (χ3n) is 3.78. The Balaban J connectivity index is 1.86. The first-order chi connectivity index (χ1) is 10.1. The lowest BCUT2D eigenvalue weighted by molar-refractivity contribution is 0.468. The maximum Gasteiger partial charge on any atom is 0.133 e. The third-order valence-corrected chi connectivity index (χ3v) is 4.14. The van der Waals surface area contributed by atoms with Crippen molar-refractivity contribution < 1.29 is 4.74 Å². The molecule has 0 aromatic heterocycles. The van der Waals surface area contributed by atoms with Crippen LogP contribution in [0.25, 0.3) is 0 Å². The highest BCUT2D eigenvalue weighted by atomic mass is 35.5. The molecule has 0 bridgehead atoms. The van der Waals surface area contributed by atoms with Gasteiger partial charge in [0, 0.05) is 23.2 Å². The first-order valence-corrected chi connectivity index (χ1v) is 7.77. The molecule has 0 aliphatic heterocycles. The second-order valence-corrected chi connectivity index (χ2v) is 6.15. The van der Waals surface area contributed by atoms with Crippen LogP contribution in [0.1, 0.15) is 29.5 Å². The third kappa shape index (κ3) is 3.58. The van der Waals surface area contributed by atoms with Crippen LogP contribution in [0.15, 0.2) is 36.4 Å². The molecule has 2 aromatic rings. The monoisotopic (exact) mass is 301 g/mol. The van der Waals surface area contributed by atoms with Crippen molar-refractivity contribution in [3.05, 3.63) is 58.1 Å². The van der Waals surface area contributed by atoms with Gasteiger partial charge in [-0.1, -0.05) is 29.8 Å². The molecule has 2 nitrogen and oxygen atoms in total. The van der Waals surface area contributed by atoms with Crippen molar-refractivity contribution >= 4 is 11.6 Å². The Morgan fingerprint density at radius 3 is 2.71 bits per heavy atom. The number of rotatable bonds is 5. The molecule has 21 heavy (non-hydrogen) atoms. The van der Waals surface area contributed by atoms with Gasteiger partial charge < -0.3 is 10.1 Å². The van der Waals surface area contributed by atoms with E-state index in [9.17, 15) is 0 Å². The molecule has 1 N–H and O–H groups in total. The van der Waals surface area contributed by atoms with E-state index in [1.54, 1.807) is 0 Å². The van der Waals surface area contributed by atoms with Crippen molar-refractivity contribution in [2.24, 2.45) is 0 Å². The van der Waals surface area contributed by atoms with Crippen LogP contribution in [-0.4, -0.2) is 6.04 Å². The molecule has 1 saturated carbocycles. The van der Waals surface area contributed by atoms with E-state index >= 15 is 0 Å². The molecule has 2 aromatic carbocycles. The van der Waals surface area contributed by atoms with E-state index in [1.807, 2.05) is 18.2 Å². The number of hydrogen-bond donors (Lipinski definition) is 1. The van der Waals surface area contributed by atoms with Crippen LogP contribution in [0, 0.1) is 13.8 Å². The highest BCUT2D eigenvalue weighted by Gasteiger charge is 2.21. The number of ether oxygens (including phenoxy) is 1. The molecule has 1 fully saturated rings. The van der Waals surface area contributed by atoms with Crippen molar-refractivity contribution in [1.29, 1.82) is 0 Å². The largest absolute Gasteiger partial charge is 0.457 e. The Morgan fingerprint density at radius 2 is 1.95 bits per heavy atom. The van der Waals surface area contributed by atoms with Crippen LogP contribution in [0.5, 0.6) is 11.5 Å². The standard InChI is InChI=1S/C18H20ClNO/c1-12-6-7-13(2)18(10-12)21-17-5-3-4-16(19)15(17)11-20-14-8-9-14/h3-7,10,14,20H,8-9,11H2,1-2H3. The maximum absolute atomic E-state index is 6.35. The molecule has 0 atom stereocenters. The summed E-state index contributed by atoms with van der Waals surface area (Å²) < 4.78 is 6.13. The maximum atomic E-state index is 6.35. The Kier molecular flexibility index (Phi) is 4.18. The van der Waals surface area contributed by atoms with E-state index in [0.29, 0.717) is 6.04 Å². The average Bonchev–Trinajstić information content (AvgIpc) is 3.26. The van der Waals surface area contributed by atoms with Gasteiger partial charge in [-0.2, -0.15) is 0 Å². The molecular weight excluding hydrogens is 282 g/mol. The summed E-state index contributed by atoms with van der Waals surface area (Å²) in [6, 6.07) is 12.7. The highest BCUT2D eigenvalue weighted by Crippen LogP contribution is 2.33. The van der Waals surface area contributed by atoms with Gasteiger partial charge in [0.05, 0.1) is 0 Å². The summed E-state index contributed by atoms with van der Waals surface area (Å²) in [6.07, 6.45) is 2.52. The first-order valence-electron chi connectivity index (χ1n) is 7.39. The molecule has 0 saturated heterocycles. The van der Waals surface area contributed by atoms with E-state index in [-0.39, 0.29) is 0 Å². The predicted molar refractivity (Wildman–Crippen MR) is 87.3 cm³/mol. The lowest BCUT2D eigenvalue weighted by Gasteiger charge is -2.15. The molecule has 0 radical (unpaired) electrons. The van der Waals surface area contributed by atoms with Gasteiger partial charge in [-0.05, 0) is 56.0 Å². The van der Waals surface area contributed by atoms with Crippen LogP contribution in [0.2, 0.25) is 5.02 Å². The summed E-state index contributed by atoms with van der Waals surface area (Å²) in [5, 5.41) is 4.26. The molecule has 3 rings (SSSR count). The molecule has 0 heterocycles. The fraction of sp³-hybridized carbons (Fsp3) is 0.333. The summed E-state index contributed by atoms with van der Waals surface area (Å²) >= 11 is 6.35. The lowest BCUT2D eigenvalue weighted by Crippen LogP contribution is -2.16. The minimum atomic E-state index is 0.648. The second-order valence-electron chi connectivity index (χ2n) is 5.74. The molecule has 0 amide bonds. The van der Waals surface area contributed by atoms with E-state index in [1.165, 1.54) is 18.4 Å². The number of aryl methyl sites for hydroxylation is 2. The zero-order valence-corrected chi connectivity index (χ0v) is 13.2. The highest BCUT2D eigenvalue weighted by molar-refractivity contribution is 6.31. The van der Waals surface area contributed by atoms with Crippen LogP contribution >= 0.6 is 11.6 Å². The zero-order valence-electron chi connectivity index (χ0n) is 12.4. The molecule has 0 unspecified atom stereocenters. The number of benzene rings is 2. The summed E-state index contributed by atoms with van der Waals surface area (Å²) in [4.78, 5) is 0. The van der Waals surface area contributed by atoms with E-state index in [0.717, 1.165) is 34.2 Å². The molecule has 0 spiro atoms. The Labute approximate surface area is 131 Å². The predicted octanol–water partition coefficient (Wildman–Crippen LogP) is 5.00. The average molecular weight is 302 g/mol. The first kappa shape index (κ1) is 14.4. The fourth-order valence-electron chi connectivity index (χ4n) is 2.28. The molecule has 1 aliphatic rings. The van der Waals surface area contributed by atoms with E-state index in [4.69, 9.17) is 16.3 Å². The Morgan fingerprint density at radius 1 is 1.14 bits per heavy atom. The van der Waals surface area contributed by atoms with E-state index in [2.05, 4.69) is 37.4 Å². The SMILES string of the molecule is Cc1ccc(C)c(Oc2cccc(Cl)c2CNC2CC2)c1. The molecule has 3 heteroatoms. The van der Waals surface area contributed by atoms with Gasteiger partial charge in [0.1, 0.15) is 11.5 Å². The van der Waals surface area contributed by atoms with Gasteiger partial charge in [-0.3, -0.25) is 0 Å². The number of halogens is 1. The molecule has 1 aliphatic carbocycles. The van der Waals surface area contributed by atoms with Gasteiger partial charge in [-0.25, -0.2) is 0 Å². The normalized spacial score (nSPS) is 14.2. The van der Waals surface area contributed by atoms with Crippen LogP contribution < -0.4 is 10.1 Å². The number of hydrogen-bond acceptors (Lipinski definition) is 2. The Hall–Kier alpha value is -1.51. The van der Waals surface area contributed by atoms with Gasteiger partial charge in [0.2, 0.25) is 0 Å². The number of nitrogens with one attached hydrogen (secondary N) is 1. The Bertz CT molecular complexity index is 650. The lowest BCUT2D eigenvalue weighted by atomic mass is 10.1. The molecular formula is C18H20ClNO. The van der Waals surface area contributed by atoms with Gasteiger partial charge in [-0.15, -0.1) is 0 Å². The van der Waals surface area contributed by atoms with Crippen LogP contribution in [-0.2, 0) is 6.54 Å².